The minimum absolute atomic E-state index is 0.00194. The molecule has 1 aliphatic carbocycles. The Balaban J connectivity index is 1.50. The highest BCUT2D eigenvalue weighted by Crippen LogP contribution is 2.39. The monoisotopic (exact) mass is 510 g/mol. The van der Waals surface area contributed by atoms with E-state index < -0.39 is 10.0 Å². The third-order valence-electron chi connectivity index (χ3n) is 5.20. The fourth-order valence-electron chi connectivity index (χ4n) is 3.72. The maximum Gasteiger partial charge on any atom is 0.236 e. The molecular weight excluding hydrogens is 488 g/mol. The second-order valence-corrected chi connectivity index (χ2v) is 10.1. The molecule has 180 valence electrons. The molecule has 1 N–H and O–H groups in total. The van der Waals surface area contributed by atoms with Crippen LogP contribution < -0.4 is 14.2 Å². The van der Waals surface area contributed by atoms with Crippen molar-refractivity contribution in [1.29, 1.82) is 5.26 Å². The van der Waals surface area contributed by atoms with Gasteiger partial charge in [0, 0.05) is 6.20 Å². The molecule has 0 saturated carbocycles. The molecule has 1 aliphatic rings. The molecule has 0 amide bonds. The maximum atomic E-state index is 11.4. The second-order valence-electron chi connectivity index (χ2n) is 7.97. The van der Waals surface area contributed by atoms with E-state index >= 15 is 0 Å². The van der Waals surface area contributed by atoms with E-state index in [2.05, 4.69) is 26.8 Å². The molecule has 0 spiro atoms. The Bertz CT molecular complexity index is 1450. The molecule has 0 unspecified atom stereocenters. The predicted octanol–water partition coefficient (Wildman–Crippen LogP) is 4.73. The van der Waals surface area contributed by atoms with Crippen LogP contribution in [0.4, 0.5) is 5.95 Å². The topological polar surface area (TPSA) is 114 Å². The Labute approximate surface area is 209 Å². The van der Waals surface area contributed by atoms with Crippen LogP contribution in [-0.4, -0.2) is 31.2 Å². The second kappa shape index (κ2) is 10.3. The molecule has 10 heteroatoms. The molecule has 2 aromatic carbocycles. The summed E-state index contributed by atoms with van der Waals surface area (Å²) < 4.78 is 36.6. The molecule has 35 heavy (non-hydrogen) atoms. The standard InChI is InChI=1S/C25H23ClN4O4S/c1-3-10-33-24-18(14-27)11-17(13-23(24)26)22-6-4-16-12-20(5-7-21(16)22)34-15-19-8-9-28-25(29-19)30-35(2,31)32/h5-9,11-13H,3-4,10,15H2,1-2H3,(H,28,29,30). The van der Waals surface area contributed by atoms with Crippen LogP contribution in [0, 0.1) is 11.3 Å². The number of hydrogen-bond acceptors (Lipinski definition) is 7. The lowest BCUT2D eigenvalue weighted by Crippen LogP contribution is -2.13. The molecule has 0 fully saturated rings. The van der Waals surface area contributed by atoms with E-state index in [4.69, 9.17) is 21.1 Å². The van der Waals surface area contributed by atoms with Crippen molar-refractivity contribution in [3.05, 3.63) is 81.6 Å². The number of sulfonamides is 1. The molecule has 0 aliphatic heterocycles. The van der Waals surface area contributed by atoms with Crippen molar-refractivity contribution >= 4 is 33.1 Å². The minimum Gasteiger partial charge on any atom is -0.491 e. The number of halogens is 1. The zero-order valence-corrected chi connectivity index (χ0v) is 20.8. The van der Waals surface area contributed by atoms with Gasteiger partial charge in [0.1, 0.15) is 18.4 Å². The molecule has 1 heterocycles. The number of nitrogens with zero attached hydrogens (tertiary/aromatic N) is 3. The van der Waals surface area contributed by atoms with E-state index in [-0.39, 0.29) is 12.6 Å². The van der Waals surface area contributed by atoms with Gasteiger partial charge in [0.25, 0.3) is 0 Å². The number of ether oxygens (including phenoxy) is 2. The summed E-state index contributed by atoms with van der Waals surface area (Å²) in [7, 11) is -3.46. The SMILES string of the molecule is CCCOc1c(Cl)cc(C2=CCc3cc(OCc4ccnc(NS(C)(=O)=O)n4)ccc32)cc1C#N. The van der Waals surface area contributed by atoms with Crippen molar-refractivity contribution in [2.75, 3.05) is 17.6 Å². The number of hydrogen-bond donors (Lipinski definition) is 1. The maximum absolute atomic E-state index is 11.4. The van der Waals surface area contributed by atoms with Gasteiger partial charge in [-0.15, -0.1) is 0 Å². The summed E-state index contributed by atoms with van der Waals surface area (Å²) in [5.41, 5.74) is 4.93. The Morgan fingerprint density at radius 1 is 1.20 bits per heavy atom. The number of fused-ring (bicyclic) bond motifs is 1. The largest absolute Gasteiger partial charge is 0.491 e. The quantitative estimate of drug-likeness (QED) is 0.442. The normalized spacial score (nSPS) is 12.5. The van der Waals surface area contributed by atoms with Crippen LogP contribution in [0.25, 0.3) is 5.57 Å². The van der Waals surface area contributed by atoms with Crippen LogP contribution in [0.5, 0.6) is 11.5 Å². The minimum atomic E-state index is -3.46. The Hall–Kier alpha value is -3.61. The van der Waals surface area contributed by atoms with Gasteiger partial charge in [-0.2, -0.15) is 5.26 Å². The third-order valence-corrected chi connectivity index (χ3v) is 6.03. The van der Waals surface area contributed by atoms with Crippen LogP contribution in [0.2, 0.25) is 5.02 Å². The summed E-state index contributed by atoms with van der Waals surface area (Å²) in [6, 6.07) is 13.3. The van der Waals surface area contributed by atoms with Crippen LogP contribution in [-0.2, 0) is 23.1 Å². The number of nitriles is 1. The summed E-state index contributed by atoms with van der Waals surface area (Å²) >= 11 is 6.45. The Kier molecular flexibility index (Phi) is 7.24. The lowest BCUT2D eigenvalue weighted by molar-refractivity contribution is 0.301. The average Bonchev–Trinajstić information content (AvgIpc) is 3.24. The lowest BCUT2D eigenvalue weighted by atomic mass is 9.97. The predicted molar refractivity (Wildman–Crippen MR) is 134 cm³/mol. The highest BCUT2D eigenvalue weighted by Gasteiger charge is 2.20. The van der Waals surface area contributed by atoms with Gasteiger partial charge in [-0.05, 0) is 65.4 Å². The molecule has 0 radical (unpaired) electrons. The van der Waals surface area contributed by atoms with E-state index in [1.165, 1.54) is 6.20 Å². The van der Waals surface area contributed by atoms with Gasteiger partial charge < -0.3 is 9.47 Å². The number of allylic oxidation sites excluding steroid dienone is 1. The molecule has 1 aromatic heterocycles. The summed E-state index contributed by atoms with van der Waals surface area (Å²) in [6.07, 6.45) is 6.14. The summed E-state index contributed by atoms with van der Waals surface area (Å²) in [5.74, 6) is 1.08. The van der Waals surface area contributed by atoms with Crippen molar-refractivity contribution in [2.45, 2.75) is 26.4 Å². The van der Waals surface area contributed by atoms with E-state index in [0.717, 1.165) is 34.9 Å². The van der Waals surface area contributed by atoms with Crippen molar-refractivity contribution in [3.63, 3.8) is 0 Å². The molecule has 0 atom stereocenters. The summed E-state index contributed by atoms with van der Waals surface area (Å²) in [4.78, 5) is 8.06. The van der Waals surface area contributed by atoms with Crippen LogP contribution >= 0.6 is 11.6 Å². The average molecular weight is 511 g/mol. The van der Waals surface area contributed by atoms with Gasteiger partial charge >= 0.3 is 0 Å². The third kappa shape index (κ3) is 5.91. The molecule has 8 nitrogen and oxygen atoms in total. The first-order chi connectivity index (χ1) is 16.8. The smallest absolute Gasteiger partial charge is 0.236 e. The van der Waals surface area contributed by atoms with Gasteiger partial charge in [-0.1, -0.05) is 30.7 Å². The number of aromatic nitrogens is 2. The van der Waals surface area contributed by atoms with Crippen LogP contribution in [0.1, 0.15) is 41.3 Å². The van der Waals surface area contributed by atoms with E-state index in [1.54, 1.807) is 12.1 Å². The number of nitrogens with one attached hydrogen (secondary N) is 1. The van der Waals surface area contributed by atoms with E-state index in [0.29, 0.717) is 40.8 Å². The van der Waals surface area contributed by atoms with E-state index in [1.807, 2.05) is 31.2 Å². The number of rotatable bonds is 9. The van der Waals surface area contributed by atoms with Crippen molar-refractivity contribution in [2.24, 2.45) is 0 Å². The fourth-order valence-corrected chi connectivity index (χ4v) is 4.42. The molecule has 0 saturated heterocycles. The highest BCUT2D eigenvalue weighted by molar-refractivity contribution is 7.91. The molecule has 3 aromatic rings. The Morgan fingerprint density at radius 3 is 2.77 bits per heavy atom. The Morgan fingerprint density at radius 2 is 2.03 bits per heavy atom. The van der Waals surface area contributed by atoms with Gasteiger partial charge in [0.15, 0.2) is 5.75 Å². The first kappa shape index (κ1) is 24.5. The van der Waals surface area contributed by atoms with Crippen LogP contribution in [0.15, 0.2) is 48.7 Å². The van der Waals surface area contributed by atoms with Crippen molar-refractivity contribution < 1.29 is 17.9 Å². The highest BCUT2D eigenvalue weighted by atomic mass is 35.5. The van der Waals surface area contributed by atoms with Gasteiger partial charge in [0.05, 0.1) is 29.1 Å². The first-order valence-electron chi connectivity index (χ1n) is 10.9. The lowest BCUT2D eigenvalue weighted by Gasteiger charge is -2.13. The fraction of sp³-hybridized carbons (Fsp3) is 0.240. The van der Waals surface area contributed by atoms with E-state index in [9.17, 15) is 13.7 Å². The molecular formula is C25H23ClN4O4S. The van der Waals surface area contributed by atoms with Crippen LogP contribution in [0.3, 0.4) is 0 Å². The van der Waals surface area contributed by atoms with Gasteiger partial charge in [0.2, 0.25) is 16.0 Å². The summed E-state index contributed by atoms with van der Waals surface area (Å²) in [5, 5.41) is 10.0. The van der Waals surface area contributed by atoms with Crippen molar-refractivity contribution in [1.82, 2.24) is 9.97 Å². The van der Waals surface area contributed by atoms with Crippen molar-refractivity contribution in [3.8, 4) is 17.6 Å². The zero-order valence-electron chi connectivity index (χ0n) is 19.2. The van der Waals surface area contributed by atoms with Gasteiger partial charge in [-0.25, -0.2) is 18.4 Å². The molecule has 0 bridgehead atoms. The zero-order chi connectivity index (χ0) is 25.0. The molecule has 4 rings (SSSR count). The number of benzene rings is 2. The summed E-state index contributed by atoms with van der Waals surface area (Å²) in [6.45, 7) is 2.64. The first-order valence-corrected chi connectivity index (χ1v) is 13.2. The number of anilines is 1. The van der Waals surface area contributed by atoms with Gasteiger partial charge in [-0.3, -0.25) is 4.72 Å².